The van der Waals surface area contributed by atoms with E-state index < -0.39 is 29.5 Å². The molecule has 2 atom stereocenters. The number of hydrogen-bond donors (Lipinski definition) is 1. The van der Waals surface area contributed by atoms with Gasteiger partial charge in [0.25, 0.3) is 5.91 Å². The minimum atomic E-state index is -0.814. The molecule has 0 spiro atoms. The zero-order valence-corrected chi connectivity index (χ0v) is 19.0. The molecule has 1 aliphatic rings. The number of aromatic nitrogens is 1. The summed E-state index contributed by atoms with van der Waals surface area (Å²) in [6.07, 6.45) is 0.583. The van der Waals surface area contributed by atoms with Gasteiger partial charge in [-0.15, -0.1) is 0 Å². The Morgan fingerprint density at radius 3 is 2.62 bits per heavy atom. The van der Waals surface area contributed by atoms with Crippen LogP contribution in [0.15, 0.2) is 59.1 Å². The summed E-state index contributed by atoms with van der Waals surface area (Å²) >= 11 is 0. The maximum atomic E-state index is 14.1. The van der Waals surface area contributed by atoms with E-state index in [-0.39, 0.29) is 22.9 Å². The van der Waals surface area contributed by atoms with Crippen LogP contribution in [0.2, 0.25) is 0 Å². The normalized spacial score (nSPS) is 18.5. The van der Waals surface area contributed by atoms with Crippen molar-refractivity contribution in [2.75, 3.05) is 27.2 Å². The molecule has 1 aromatic heterocycles. The molecule has 0 saturated carbocycles. The minimum absolute atomic E-state index is 0.00262. The van der Waals surface area contributed by atoms with Gasteiger partial charge in [0, 0.05) is 51.9 Å². The fourth-order valence-electron chi connectivity index (χ4n) is 4.20. The number of nitrogens with one attached hydrogen (secondary N) is 1. The number of rotatable bonds is 6. The Balaban J connectivity index is 1.46. The number of hydrogen-bond acceptors (Lipinski definition) is 5. The molecular weight excluding hydrogens is 442 g/mol. The van der Waals surface area contributed by atoms with Crippen molar-refractivity contribution in [3.8, 4) is 11.3 Å². The highest BCUT2D eigenvalue weighted by molar-refractivity contribution is 5.94. The largest absolute Gasteiger partial charge is 0.355 e. The van der Waals surface area contributed by atoms with Crippen molar-refractivity contribution in [1.29, 1.82) is 0 Å². The fourth-order valence-corrected chi connectivity index (χ4v) is 4.20. The topological polar surface area (TPSA) is 78.7 Å². The van der Waals surface area contributed by atoms with Crippen LogP contribution < -0.4 is 5.32 Å². The lowest BCUT2D eigenvalue weighted by molar-refractivity contribution is -0.135. The van der Waals surface area contributed by atoms with Crippen molar-refractivity contribution < 1.29 is 22.9 Å². The van der Waals surface area contributed by atoms with Crippen molar-refractivity contribution in [2.45, 2.75) is 19.0 Å². The van der Waals surface area contributed by atoms with Gasteiger partial charge in [0.05, 0.1) is 11.5 Å². The Bertz CT molecular complexity index is 1170. The molecule has 1 aliphatic heterocycles. The molecule has 1 fully saturated rings. The molecule has 34 heavy (non-hydrogen) atoms. The second kappa shape index (κ2) is 10.1. The van der Waals surface area contributed by atoms with Crippen LogP contribution in [0, 0.1) is 17.6 Å². The first kappa shape index (κ1) is 23.6. The summed E-state index contributed by atoms with van der Waals surface area (Å²) in [5.74, 6) is -2.54. The van der Waals surface area contributed by atoms with E-state index in [1.54, 1.807) is 14.1 Å². The first-order valence-corrected chi connectivity index (χ1v) is 11.0. The van der Waals surface area contributed by atoms with E-state index >= 15 is 0 Å². The summed E-state index contributed by atoms with van der Waals surface area (Å²) in [6, 6.07) is 14.0. The van der Waals surface area contributed by atoms with Crippen LogP contribution in [0.1, 0.15) is 22.5 Å². The highest BCUT2D eigenvalue weighted by Gasteiger charge is 2.36. The molecule has 2 amide bonds. The lowest BCUT2D eigenvalue weighted by atomic mass is 9.90. The molecule has 0 unspecified atom stereocenters. The zero-order chi connectivity index (χ0) is 24.2. The minimum Gasteiger partial charge on any atom is -0.355 e. The smallest absolute Gasteiger partial charge is 0.273 e. The van der Waals surface area contributed by atoms with E-state index in [1.807, 2.05) is 30.3 Å². The Morgan fingerprint density at radius 2 is 1.91 bits per heavy atom. The van der Waals surface area contributed by atoms with Gasteiger partial charge in [-0.25, -0.2) is 8.78 Å². The van der Waals surface area contributed by atoms with Gasteiger partial charge in [0.15, 0.2) is 11.5 Å². The molecule has 1 saturated heterocycles. The number of piperidine rings is 1. The molecule has 7 nitrogen and oxygen atoms in total. The van der Waals surface area contributed by atoms with E-state index in [1.165, 1.54) is 17.0 Å². The molecule has 178 valence electrons. The molecule has 1 N–H and O–H groups in total. The highest BCUT2D eigenvalue weighted by Crippen LogP contribution is 2.25. The molecule has 0 aliphatic carbocycles. The van der Waals surface area contributed by atoms with Gasteiger partial charge < -0.3 is 14.7 Å². The summed E-state index contributed by atoms with van der Waals surface area (Å²) in [6.45, 7) is 1.93. The van der Waals surface area contributed by atoms with E-state index in [0.717, 1.165) is 17.7 Å². The molecule has 0 bridgehead atoms. The van der Waals surface area contributed by atoms with Crippen molar-refractivity contribution >= 4 is 11.8 Å². The van der Waals surface area contributed by atoms with E-state index in [4.69, 9.17) is 4.52 Å². The number of carbonyl (C=O) groups is 2. The van der Waals surface area contributed by atoms with Crippen LogP contribution in [0.4, 0.5) is 8.78 Å². The van der Waals surface area contributed by atoms with Gasteiger partial charge in [0.1, 0.15) is 11.6 Å². The Kier molecular flexibility index (Phi) is 7.02. The van der Waals surface area contributed by atoms with Gasteiger partial charge in [-0.05, 0) is 24.1 Å². The number of carbonyl (C=O) groups excluding carboxylic acids is 2. The number of halogens is 2. The van der Waals surface area contributed by atoms with E-state index in [2.05, 4.69) is 15.4 Å². The predicted molar refractivity (Wildman–Crippen MR) is 122 cm³/mol. The average molecular weight is 469 g/mol. The SMILES string of the molecule is CN(C)C(=O)[C@@H]1CN(Cc2ccccc2)CC[C@H]1NC(=O)c1cc(-c2ccc(F)cc2F)on1. The number of amides is 2. The maximum Gasteiger partial charge on any atom is 0.273 e. The molecule has 2 aromatic carbocycles. The van der Waals surface area contributed by atoms with Crippen LogP contribution in [-0.2, 0) is 11.3 Å². The molecule has 3 aromatic rings. The van der Waals surface area contributed by atoms with Crippen molar-refractivity contribution in [3.63, 3.8) is 0 Å². The zero-order valence-electron chi connectivity index (χ0n) is 19.0. The second-order valence-corrected chi connectivity index (χ2v) is 8.63. The Hall–Kier alpha value is -3.59. The summed E-state index contributed by atoms with van der Waals surface area (Å²) < 4.78 is 32.4. The summed E-state index contributed by atoms with van der Waals surface area (Å²) in [4.78, 5) is 29.5. The van der Waals surface area contributed by atoms with Crippen LogP contribution in [-0.4, -0.2) is 60.0 Å². The molecule has 0 radical (unpaired) electrons. The van der Waals surface area contributed by atoms with Crippen molar-refractivity contribution in [1.82, 2.24) is 20.3 Å². The predicted octanol–water partition coefficient (Wildman–Crippen LogP) is 3.33. The van der Waals surface area contributed by atoms with Gasteiger partial charge in [0.2, 0.25) is 5.91 Å². The van der Waals surface area contributed by atoms with Crippen molar-refractivity contribution in [3.05, 3.63) is 77.5 Å². The van der Waals surface area contributed by atoms with Crippen LogP contribution >= 0.6 is 0 Å². The maximum absolute atomic E-state index is 14.1. The number of benzene rings is 2. The molecule has 2 heterocycles. The fraction of sp³-hybridized carbons (Fsp3) is 0.320. The summed E-state index contributed by atoms with van der Waals surface area (Å²) in [5, 5.41) is 6.65. The number of likely N-dealkylation sites (tertiary alicyclic amines) is 1. The second-order valence-electron chi connectivity index (χ2n) is 8.63. The Labute approximate surface area is 196 Å². The first-order valence-electron chi connectivity index (χ1n) is 11.0. The summed E-state index contributed by atoms with van der Waals surface area (Å²) in [5.41, 5.74) is 1.12. The van der Waals surface area contributed by atoms with Crippen LogP contribution in [0.25, 0.3) is 11.3 Å². The lowest BCUT2D eigenvalue weighted by Crippen LogP contribution is -2.55. The Morgan fingerprint density at radius 1 is 1.15 bits per heavy atom. The van der Waals surface area contributed by atoms with Crippen LogP contribution in [0.3, 0.4) is 0 Å². The quantitative estimate of drug-likeness (QED) is 0.601. The lowest BCUT2D eigenvalue weighted by Gasteiger charge is -2.39. The summed E-state index contributed by atoms with van der Waals surface area (Å²) in [7, 11) is 3.39. The standard InChI is InChI=1S/C25H26F2N4O3/c1-30(2)25(33)19-15-31(14-16-6-4-3-5-7-16)11-10-21(19)28-24(32)22-13-23(34-29-22)18-9-8-17(26)12-20(18)27/h3-9,12-13,19,21H,10-11,14-15H2,1-2H3,(H,28,32)/t19-,21-/m1/s1. The van der Waals surface area contributed by atoms with Gasteiger partial charge in [-0.2, -0.15) is 0 Å². The average Bonchev–Trinajstić information content (AvgIpc) is 3.30. The molecule has 4 rings (SSSR count). The van der Waals surface area contributed by atoms with Gasteiger partial charge >= 0.3 is 0 Å². The van der Waals surface area contributed by atoms with Crippen molar-refractivity contribution in [2.24, 2.45) is 5.92 Å². The van der Waals surface area contributed by atoms with E-state index in [9.17, 15) is 18.4 Å². The molecular formula is C25H26F2N4O3. The van der Waals surface area contributed by atoms with Gasteiger partial charge in [-0.3, -0.25) is 14.5 Å². The third-order valence-electron chi connectivity index (χ3n) is 5.96. The monoisotopic (exact) mass is 468 g/mol. The highest BCUT2D eigenvalue weighted by atomic mass is 19.1. The number of nitrogens with zero attached hydrogens (tertiary/aromatic N) is 3. The van der Waals surface area contributed by atoms with E-state index in [0.29, 0.717) is 26.1 Å². The van der Waals surface area contributed by atoms with Gasteiger partial charge in [-0.1, -0.05) is 35.5 Å². The third-order valence-corrected chi connectivity index (χ3v) is 5.96. The van der Waals surface area contributed by atoms with Crippen LogP contribution in [0.5, 0.6) is 0 Å². The first-order chi connectivity index (χ1) is 16.3. The third kappa shape index (κ3) is 5.31. The molecule has 9 heteroatoms.